The fourth-order valence-electron chi connectivity index (χ4n) is 2.06. The van der Waals surface area contributed by atoms with E-state index in [1.54, 1.807) is 11.8 Å². The van der Waals surface area contributed by atoms with Crippen LogP contribution >= 0.6 is 11.8 Å². The molecule has 0 aromatic heterocycles. The number of benzene rings is 1. The topological polar surface area (TPSA) is 20.3 Å². The van der Waals surface area contributed by atoms with Gasteiger partial charge in [0.05, 0.1) is 11.1 Å². The second-order valence-corrected chi connectivity index (χ2v) is 5.69. The van der Waals surface area contributed by atoms with E-state index in [1.165, 1.54) is 5.56 Å². The average Bonchev–Trinajstić information content (AvgIpc) is 2.58. The molecule has 1 fully saturated rings. The van der Waals surface area contributed by atoms with Crippen molar-refractivity contribution < 1.29 is 4.79 Å². The van der Waals surface area contributed by atoms with Gasteiger partial charge in [0.1, 0.15) is 0 Å². The maximum atomic E-state index is 11.9. The number of amides is 1. The van der Waals surface area contributed by atoms with Gasteiger partial charge in [-0.25, -0.2) is 0 Å². The molecule has 1 aromatic rings. The molecule has 86 valence electrons. The third-order valence-corrected chi connectivity index (χ3v) is 4.01. The number of carbonyl (C=O) groups is 1. The van der Waals surface area contributed by atoms with Gasteiger partial charge in [-0.1, -0.05) is 32.0 Å². The number of para-hydroxylation sites is 1. The molecule has 0 radical (unpaired) electrons. The van der Waals surface area contributed by atoms with E-state index in [0.29, 0.717) is 11.7 Å². The van der Waals surface area contributed by atoms with Gasteiger partial charge in [-0.3, -0.25) is 9.69 Å². The minimum Gasteiger partial charge on any atom is -0.299 e. The maximum absolute atomic E-state index is 11.9. The second-order valence-electron chi connectivity index (χ2n) is 4.39. The molecule has 3 heteroatoms. The first kappa shape index (κ1) is 11.5. The number of nitrogens with zero attached hydrogens (tertiary/aromatic N) is 1. The van der Waals surface area contributed by atoms with Gasteiger partial charge in [-0.05, 0) is 24.5 Å². The van der Waals surface area contributed by atoms with Crippen LogP contribution in [0.4, 0.5) is 5.69 Å². The molecule has 1 aliphatic rings. The number of anilines is 1. The van der Waals surface area contributed by atoms with Crippen LogP contribution in [0.15, 0.2) is 24.3 Å². The third kappa shape index (κ3) is 1.96. The van der Waals surface area contributed by atoms with Crippen molar-refractivity contribution in [2.45, 2.75) is 32.1 Å². The summed E-state index contributed by atoms with van der Waals surface area (Å²) in [7, 11) is 0. The van der Waals surface area contributed by atoms with Crippen LogP contribution < -0.4 is 4.90 Å². The van der Waals surface area contributed by atoms with Crippen LogP contribution in [-0.2, 0) is 4.79 Å². The summed E-state index contributed by atoms with van der Waals surface area (Å²) in [5.41, 5.74) is 2.34. The van der Waals surface area contributed by atoms with Gasteiger partial charge in [0.2, 0.25) is 5.91 Å². The van der Waals surface area contributed by atoms with Gasteiger partial charge in [0.25, 0.3) is 0 Å². The monoisotopic (exact) mass is 235 g/mol. The second kappa shape index (κ2) is 4.50. The van der Waals surface area contributed by atoms with Crippen molar-refractivity contribution >= 4 is 23.4 Å². The van der Waals surface area contributed by atoms with Gasteiger partial charge >= 0.3 is 0 Å². The highest BCUT2D eigenvalue weighted by atomic mass is 32.2. The molecule has 1 aromatic carbocycles. The Bertz CT molecular complexity index is 403. The summed E-state index contributed by atoms with van der Waals surface area (Å²) >= 11 is 1.71. The van der Waals surface area contributed by atoms with Crippen LogP contribution in [-0.4, -0.2) is 17.0 Å². The minimum atomic E-state index is 0.227. The number of hydrogen-bond acceptors (Lipinski definition) is 2. The number of thioether (sulfide) groups is 1. The SMILES string of the molecule is CC(C)c1ccccc1N1C(=O)CS[C@@H]1C. The van der Waals surface area contributed by atoms with Crippen LogP contribution in [0.25, 0.3) is 0 Å². The van der Waals surface area contributed by atoms with E-state index in [-0.39, 0.29) is 11.3 Å². The molecule has 0 aliphatic carbocycles. The van der Waals surface area contributed by atoms with Crippen LogP contribution in [0, 0.1) is 0 Å². The zero-order valence-electron chi connectivity index (χ0n) is 9.93. The lowest BCUT2D eigenvalue weighted by molar-refractivity contribution is -0.115. The predicted octanol–water partition coefficient (Wildman–Crippen LogP) is 3.24. The molecule has 1 heterocycles. The molecule has 0 saturated carbocycles. The first-order chi connectivity index (χ1) is 7.61. The summed E-state index contributed by atoms with van der Waals surface area (Å²) in [6.45, 7) is 6.42. The van der Waals surface area contributed by atoms with Gasteiger partial charge in [-0.2, -0.15) is 0 Å². The molecule has 2 nitrogen and oxygen atoms in total. The van der Waals surface area contributed by atoms with Crippen LogP contribution in [0.3, 0.4) is 0 Å². The molecular weight excluding hydrogens is 218 g/mol. The average molecular weight is 235 g/mol. The van der Waals surface area contributed by atoms with E-state index in [4.69, 9.17) is 0 Å². The Hall–Kier alpha value is -0.960. The largest absolute Gasteiger partial charge is 0.299 e. The van der Waals surface area contributed by atoms with E-state index in [0.717, 1.165) is 5.69 Å². The summed E-state index contributed by atoms with van der Waals surface area (Å²) in [5.74, 6) is 1.28. The highest BCUT2D eigenvalue weighted by molar-refractivity contribution is 8.01. The summed E-state index contributed by atoms with van der Waals surface area (Å²) < 4.78 is 0. The number of hydrogen-bond donors (Lipinski definition) is 0. The first-order valence-electron chi connectivity index (χ1n) is 5.64. The highest BCUT2D eigenvalue weighted by Crippen LogP contribution is 2.35. The summed E-state index contributed by atoms with van der Waals surface area (Å²) in [6, 6.07) is 8.21. The maximum Gasteiger partial charge on any atom is 0.238 e. The molecule has 0 bridgehead atoms. The third-order valence-electron chi connectivity index (χ3n) is 2.90. The lowest BCUT2D eigenvalue weighted by Crippen LogP contribution is -2.31. The van der Waals surface area contributed by atoms with Crippen LogP contribution in [0.2, 0.25) is 0 Å². The van der Waals surface area contributed by atoms with E-state index in [2.05, 4.69) is 32.9 Å². The van der Waals surface area contributed by atoms with Crippen molar-refractivity contribution in [1.82, 2.24) is 0 Å². The van der Waals surface area contributed by atoms with Gasteiger partial charge in [0, 0.05) is 5.69 Å². The lowest BCUT2D eigenvalue weighted by atomic mass is 10.0. The molecule has 0 spiro atoms. The molecule has 1 atom stereocenters. The highest BCUT2D eigenvalue weighted by Gasteiger charge is 2.30. The molecule has 0 N–H and O–H groups in total. The molecule has 1 saturated heterocycles. The van der Waals surface area contributed by atoms with E-state index >= 15 is 0 Å². The number of carbonyl (C=O) groups excluding carboxylic acids is 1. The quantitative estimate of drug-likeness (QED) is 0.784. The number of rotatable bonds is 2. The van der Waals surface area contributed by atoms with Crippen LogP contribution in [0.1, 0.15) is 32.3 Å². The van der Waals surface area contributed by atoms with E-state index in [9.17, 15) is 4.79 Å². The van der Waals surface area contributed by atoms with Gasteiger partial charge < -0.3 is 0 Å². The Labute approximate surface area is 101 Å². The fourth-order valence-corrected chi connectivity index (χ4v) is 2.97. The summed E-state index contributed by atoms with van der Waals surface area (Å²) in [5, 5.41) is 0.257. The van der Waals surface area contributed by atoms with Crippen molar-refractivity contribution in [1.29, 1.82) is 0 Å². The van der Waals surface area contributed by atoms with E-state index in [1.807, 2.05) is 17.0 Å². The molecule has 1 aliphatic heterocycles. The Morgan fingerprint density at radius 2 is 2.06 bits per heavy atom. The fraction of sp³-hybridized carbons (Fsp3) is 0.462. The molecular formula is C13H17NOS. The summed E-state index contributed by atoms with van der Waals surface area (Å²) in [6.07, 6.45) is 0. The Morgan fingerprint density at radius 1 is 1.38 bits per heavy atom. The standard InChI is InChI=1S/C13H17NOS/c1-9(2)11-6-4-5-7-12(11)14-10(3)16-8-13(14)15/h4-7,9-10H,8H2,1-3H3/t10-/m1/s1. The van der Waals surface area contributed by atoms with Gasteiger partial charge in [0.15, 0.2) is 0 Å². The van der Waals surface area contributed by atoms with Crippen molar-refractivity contribution in [3.63, 3.8) is 0 Å². The Morgan fingerprint density at radius 3 is 2.62 bits per heavy atom. The molecule has 16 heavy (non-hydrogen) atoms. The lowest BCUT2D eigenvalue weighted by Gasteiger charge is -2.25. The van der Waals surface area contributed by atoms with Crippen molar-refractivity contribution in [3.05, 3.63) is 29.8 Å². The first-order valence-corrected chi connectivity index (χ1v) is 6.68. The molecule has 0 unspecified atom stereocenters. The van der Waals surface area contributed by atoms with Crippen molar-refractivity contribution in [2.75, 3.05) is 10.7 Å². The summed E-state index contributed by atoms with van der Waals surface area (Å²) in [4.78, 5) is 13.8. The molecule has 2 rings (SSSR count). The predicted molar refractivity (Wildman–Crippen MR) is 69.9 cm³/mol. The van der Waals surface area contributed by atoms with Crippen LogP contribution in [0.5, 0.6) is 0 Å². The van der Waals surface area contributed by atoms with Crippen molar-refractivity contribution in [3.8, 4) is 0 Å². The zero-order valence-corrected chi connectivity index (χ0v) is 10.8. The normalized spacial score (nSPS) is 20.9. The Balaban J connectivity index is 2.43. The van der Waals surface area contributed by atoms with E-state index < -0.39 is 0 Å². The smallest absolute Gasteiger partial charge is 0.238 e. The molecule has 1 amide bonds. The van der Waals surface area contributed by atoms with Crippen molar-refractivity contribution in [2.24, 2.45) is 0 Å². The minimum absolute atomic E-state index is 0.227. The van der Waals surface area contributed by atoms with Gasteiger partial charge in [-0.15, -0.1) is 11.8 Å². The zero-order chi connectivity index (χ0) is 11.7. The Kier molecular flexibility index (Phi) is 3.24.